The van der Waals surface area contributed by atoms with Gasteiger partial charge in [0, 0.05) is 12.8 Å². The fraction of sp³-hybridized carbons (Fsp3) is 0.787. The first-order chi connectivity index (χ1) is 27.5. The minimum absolute atomic E-state index is 0.0271. The van der Waals surface area contributed by atoms with E-state index < -0.39 is 26.5 Å². The van der Waals surface area contributed by atoms with Gasteiger partial charge in [-0.25, -0.2) is 4.57 Å². The molecule has 0 saturated carbocycles. The van der Waals surface area contributed by atoms with Crippen LogP contribution in [0, 0.1) is 0 Å². The number of nitrogens with zero attached hydrogens (tertiary/aromatic N) is 1. The maximum Gasteiger partial charge on any atom is 0.472 e. The molecule has 2 atom stereocenters. The zero-order valence-corrected chi connectivity index (χ0v) is 38.2. The zero-order chi connectivity index (χ0) is 42.1. The average molecular weight is 825 g/mol. The lowest BCUT2D eigenvalue weighted by Gasteiger charge is -2.24. The van der Waals surface area contributed by atoms with Crippen LogP contribution in [-0.4, -0.2) is 74.9 Å². The summed E-state index contributed by atoms with van der Waals surface area (Å²) in [7, 11) is 1.46. The van der Waals surface area contributed by atoms with Crippen LogP contribution >= 0.6 is 7.82 Å². The van der Waals surface area contributed by atoms with Gasteiger partial charge in [-0.3, -0.25) is 18.6 Å². The van der Waals surface area contributed by atoms with Crippen molar-refractivity contribution < 1.29 is 42.1 Å². The van der Waals surface area contributed by atoms with Crippen LogP contribution in [-0.2, 0) is 32.7 Å². The lowest BCUT2D eigenvalue weighted by Crippen LogP contribution is -2.37. The lowest BCUT2D eigenvalue weighted by atomic mass is 10.0. The third kappa shape index (κ3) is 43.4. The Bertz CT molecular complexity index is 1110. The van der Waals surface area contributed by atoms with Crippen LogP contribution in [0.4, 0.5) is 0 Å². The van der Waals surface area contributed by atoms with Gasteiger partial charge in [0.1, 0.15) is 19.8 Å². The van der Waals surface area contributed by atoms with Crippen LogP contribution in [0.2, 0.25) is 0 Å². The molecule has 0 saturated heterocycles. The van der Waals surface area contributed by atoms with E-state index in [9.17, 15) is 19.0 Å². The highest BCUT2D eigenvalue weighted by atomic mass is 31.2. The Morgan fingerprint density at radius 3 is 1.49 bits per heavy atom. The second-order valence-corrected chi connectivity index (χ2v) is 18.0. The lowest BCUT2D eigenvalue weighted by molar-refractivity contribution is -0.870. The second-order valence-electron chi connectivity index (χ2n) is 16.5. The molecule has 332 valence electrons. The molecule has 0 aromatic heterocycles. The summed E-state index contributed by atoms with van der Waals surface area (Å²) in [6, 6.07) is 0. The van der Waals surface area contributed by atoms with E-state index in [0.29, 0.717) is 23.9 Å². The number of phosphoric ester groups is 1. The molecule has 0 aromatic rings. The number of hydrogen-bond acceptors (Lipinski definition) is 7. The normalized spacial score (nSPS) is 14.0. The Kier molecular flexibility index (Phi) is 38.0. The maximum absolute atomic E-state index is 12.7. The molecule has 0 heterocycles. The summed E-state index contributed by atoms with van der Waals surface area (Å²) in [5, 5.41) is 0. The molecule has 0 aliphatic heterocycles. The molecule has 0 rings (SSSR count). The van der Waals surface area contributed by atoms with Crippen LogP contribution in [0.1, 0.15) is 187 Å². The van der Waals surface area contributed by atoms with Crippen molar-refractivity contribution in [3.63, 3.8) is 0 Å². The first-order valence-corrected chi connectivity index (χ1v) is 24.4. The molecule has 1 unspecified atom stereocenters. The molecule has 10 heteroatoms. The number of carbonyl (C=O) groups is 2. The van der Waals surface area contributed by atoms with Gasteiger partial charge in [-0.1, -0.05) is 191 Å². The number of rotatable bonds is 41. The number of carbonyl (C=O) groups excluding carboxylic acids is 2. The maximum atomic E-state index is 12.7. The van der Waals surface area contributed by atoms with Gasteiger partial charge < -0.3 is 18.9 Å². The third-order valence-corrected chi connectivity index (χ3v) is 10.7. The van der Waals surface area contributed by atoms with Crippen LogP contribution in [0.25, 0.3) is 0 Å². The van der Waals surface area contributed by atoms with Crippen molar-refractivity contribution in [3.8, 4) is 0 Å². The fourth-order valence-corrected chi connectivity index (χ4v) is 6.88. The Morgan fingerprint density at radius 1 is 0.561 bits per heavy atom. The van der Waals surface area contributed by atoms with E-state index in [1.54, 1.807) is 0 Å². The van der Waals surface area contributed by atoms with E-state index in [4.69, 9.17) is 18.5 Å². The van der Waals surface area contributed by atoms with Gasteiger partial charge in [-0.15, -0.1) is 0 Å². The van der Waals surface area contributed by atoms with Gasteiger partial charge >= 0.3 is 19.8 Å². The summed E-state index contributed by atoms with van der Waals surface area (Å²) >= 11 is 0. The number of allylic oxidation sites excluding steroid dienone is 8. The predicted molar refractivity (Wildman–Crippen MR) is 238 cm³/mol. The molecule has 0 bridgehead atoms. The van der Waals surface area contributed by atoms with Crippen LogP contribution in [0.3, 0.4) is 0 Å². The molecular weight excluding hydrogens is 737 g/mol. The highest BCUT2D eigenvalue weighted by Gasteiger charge is 2.27. The summed E-state index contributed by atoms with van der Waals surface area (Å²) in [6.07, 6.45) is 45.8. The molecule has 0 aliphatic carbocycles. The van der Waals surface area contributed by atoms with E-state index >= 15 is 0 Å². The van der Waals surface area contributed by atoms with Crippen LogP contribution in [0.15, 0.2) is 48.6 Å². The Morgan fingerprint density at radius 2 is 1.00 bits per heavy atom. The van der Waals surface area contributed by atoms with E-state index in [0.717, 1.165) is 51.4 Å². The Balaban J connectivity index is 4.34. The first kappa shape index (κ1) is 55.0. The van der Waals surface area contributed by atoms with Gasteiger partial charge in [-0.05, 0) is 32.1 Å². The summed E-state index contributed by atoms with van der Waals surface area (Å²) < 4.78 is 34.3. The summed E-state index contributed by atoms with van der Waals surface area (Å²) in [6.45, 7) is 4.27. The van der Waals surface area contributed by atoms with Gasteiger partial charge in [0.05, 0.1) is 27.7 Å². The SMILES string of the molecule is CC/C=C/C=C/C=C/C=C/CCCCCCCC(=O)OC[C@H](COP(=O)(O)OCC[N+](C)(C)C)OC(=O)CCCCCCCCCCCCCCCCCCCC. The molecular formula is C47H87NO8P+. The fourth-order valence-electron chi connectivity index (χ4n) is 6.14. The molecule has 1 N–H and O–H groups in total. The molecule has 0 spiro atoms. The molecule has 0 aromatic carbocycles. The number of ether oxygens (including phenoxy) is 2. The van der Waals surface area contributed by atoms with Crippen molar-refractivity contribution in [2.24, 2.45) is 0 Å². The second kappa shape index (κ2) is 39.4. The van der Waals surface area contributed by atoms with Crippen molar-refractivity contribution in [1.82, 2.24) is 0 Å². The topological polar surface area (TPSA) is 108 Å². The minimum Gasteiger partial charge on any atom is -0.462 e. The standard InChI is InChI=1S/C47H86NO8P/c1-6-8-10-12-14-16-18-20-22-23-24-26-28-30-32-34-36-38-40-47(50)56-45(44-55-57(51,52)54-42-41-48(3,4)5)43-53-46(49)39-37-35-33-31-29-27-25-21-19-17-15-13-11-9-7-2/h9,11,13,15,17,19,21,25,45H,6-8,10,12,14,16,18,20,22-24,26-44H2,1-5H3/p+1/b11-9+,15-13+,19-17+,25-21+/t45-/m1/s1. The van der Waals surface area contributed by atoms with E-state index in [1.807, 2.05) is 51.5 Å². The summed E-state index contributed by atoms with van der Waals surface area (Å²) in [5.74, 6) is -0.822. The summed E-state index contributed by atoms with van der Waals surface area (Å²) in [4.78, 5) is 35.4. The number of unbranched alkanes of at least 4 members (excludes halogenated alkanes) is 22. The van der Waals surface area contributed by atoms with Crippen molar-refractivity contribution in [2.45, 2.75) is 193 Å². The van der Waals surface area contributed by atoms with Gasteiger partial charge in [-0.2, -0.15) is 0 Å². The smallest absolute Gasteiger partial charge is 0.462 e. The first-order valence-electron chi connectivity index (χ1n) is 22.9. The number of likely N-dealkylation sites (N-methyl/N-ethyl adjacent to an activating group) is 1. The number of hydrogen-bond donors (Lipinski definition) is 1. The number of quaternary nitrogens is 1. The summed E-state index contributed by atoms with van der Waals surface area (Å²) in [5.41, 5.74) is 0. The van der Waals surface area contributed by atoms with E-state index in [1.165, 1.54) is 96.3 Å². The van der Waals surface area contributed by atoms with E-state index in [2.05, 4.69) is 32.1 Å². The van der Waals surface area contributed by atoms with Crippen molar-refractivity contribution in [3.05, 3.63) is 48.6 Å². The van der Waals surface area contributed by atoms with Crippen molar-refractivity contribution in [1.29, 1.82) is 0 Å². The highest BCUT2D eigenvalue weighted by molar-refractivity contribution is 7.47. The molecule has 0 aliphatic rings. The predicted octanol–water partition coefficient (Wildman–Crippen LogP) is 13.1. The molecule has 0 amide bonds. The molecule has 57 heavy (non-hydrogen) atoms. The average Bonchev–Trinajstić information content (AvgIpc) is 3.16. The number of esters is 2. The van der Waals surface area contributed by atoms with Crippen molar-refractivity contribution in [2.75, 3.05) is 47.5 Å². The Hall–Kier alpha value is -2.03. The molecule has 9 nitrogen and oxygen atoms in total. The van der Waals surface area contributed by atoms with Crippen LogP contribution < -0.4 is 0 Å². The number of phosphoric acid groups is 1. The molecule has 0 radical (unpaired) electrons. The van der Waals surface area contributed by atoms with Crippen molar-refractivity contribution >= 4 is 19.8 Å². The minimum atomic E-state index is -4.38. The zero-order valence-electron chi connectivity index (χ0n) is 37.3. The van der Waals surface area contributed by atoms with Gasteiger partial charge in [0.15, 0.2) is 6.10 Å². The van der Waals surface area contributed by atoms with E-state index in [-0.39, 0.29) is 32.0 Å². The van der Waals surface area contributed by atoms with Gasteiger partial charge in [0.25, 0.3) is 0 Å². The largest absolute Gasteiger partial charge is 0.472 e. The van der Waals surface area contributed by atoms with Gasteiger partial charge in [0.2, 0.25) is 0 Å². The molecule has 0 fully saturated rings. The van der Waals surface area contributed by atoms with Crippen LogP contribution in [0.5, 0.6) is 0 Å². The quantitative estimate of drug-likeness (QED) is 0.0213. The highest BCUT2D eigenvalue weighted by Crippen LogP contribution is 2.43. The Labute approximate surface area is 350 Å². The third-order valence-electron chi connectivity index (χ3n) is 9.72. The monoisotopic (exact) mass is 825 g/mol.